The van der Waals surface area contributed by atoms with Gasteiger partial charge in [-0.1, -0.05) is 0 Å². The van der Waals surface area contributed by atoms with Gasteiger partial charge in [0.25, 0.3) is 0 Å². The second-order valence-electron chi connectivity index (χ2n) is 5.86. The molecule has 9 heteroatoms. The van der Waals surface area contributed by atoms with Crippen molar-refractivity contribution < 1.29 is 23.9 Å². The standard InChI is InChI=1S/C19H16AsCl2NO5/c1-2-27-19(26)10-3-5-11(6-4-10)20-18(25)16-12-7-8-13(21)15(22)17(12)28-9-14(24)23-16/h3-8,16,20H,2,9H2,1H3,(H,23,24). The van der Waals surface area contributed by atoms with Gasteiger partial charge in [0, 0.05) is 0 Å². The second-order valence-corrected chi connectivity index (χ2v) is 9.41. The summed E-state index contributed by atoms with van der Waals surface area (Å²) in [5, 5.41) is 3.15. The number of carbonyl (C=O) groups excluding carboxylic acids is 3. The van der Waals surface area contributed by atoms with Gasteiger partial charge in [-0.15, -0.1) is 0 Å². The molecule has 28 heavy (non-hydrogen) atoms. The van der Waals surface area contributed by atoms with Crippen LogP contribution in [0.25, 0.3) is 0 Å². The minimum absolute atomic E-state index is 0.123. The van der Waals surface area contributed by atoms with Crippen LogP contribution in [0, 0.1) is 0 Å². The van der Waals surface area contributed by atoms with E-state index in [1.807, 2.05) is 0 Å². The molecule has 146 valence electrons. The number of carbonyl (C=O) groups is 3. The van der Waals surface area contributed by atoms with E-state index >= 15 is 0 Å². The molecular weight excluding hydrogens is 468 g/mol. The summed E-state index contributed by atoms with van der Waals surface area (Å²) in [4.78, 5) is 36.7. The molecule has 3 rings (SSSR count). The van der Waals surface area contributed by atoms with Crippen molar-refractivity contribution in [2.45, 2.75) is 13.0 Å². The van der Waals surface area contributed by atoms with Gasteiger partial charge in [0.05, 0.1) is 0 Å². The number of hydrogen-bond acceptors (Lipinski definition) is 5. The second kappa shape index (κ2) is 8.99. The van der Waals surface area contributed by atoms with Crippen LogP contribution < -0.4 is 14.4 Å². The van der Waals surface area contributed by atoms with Crippen LogP contribution in [-0.2, 0) is 14.3 Å². The van der Waals surface area contributed by atoms with Crippen LogP contribution in [0.2, 0.25) is 10.0 Å². The predicted molar refractivity (Wildman–Crippen MR) is 107 cm³/mol. The van der Waals surface area contributed by atoms with Gasteiger partial charge in [-0.25, -0.2) is 0 Å². The molecule has 0 bridgehead atoms. The first-order chi connectivity index (χ1) is 13.4. The summed E-state index contributed by atoms with van der Waals surface area (Å²) < 4.78 is 11.1. The number of benzene rings is 2. The van der Waals surface area contributed by atoms with E-state index in [2.05, 4.69) is 5.32 Å². The van der Waals surface area contributed by atoms with E-state index in [1.54, 1.807) is 43.3 Å². The average Bonchev–Trinajstić information content (AvgIpc) is 2.85. The molecule has 1 aliphatic rings. The van der Waals surface area contributed by atoms with Gasteiger partial charge in [-0.05, 0) is 0 Å². The fourth-order valence-corrected chi connectivity index (χ4v) is 5.12. The Labute approximate surface area is 178 Å². The zero-order chi connectivity index (χ0) is 20.3. The maximum atomic E-state index is 13.0. The Hall–Kier alpha value is -2.01. The molecule has 1 amide bonds. The molecule has 6 nitrogen and oxygen atoms in total. The predicted octanol–water partition coefficient (Wildman–Crippen LogP) is 2.01. The van der Waals surface area contributed by atoms with Gasteiger partial charge in [0.2, 0.25) is 0 Å². The summed E-state index contributed by atoms with van der Waals surface area (Å²) in [6.07, 6.45) is 0. The van der Waals surface area contributed by atoms with Gasteiger partial charge in [0.15, 0.2) is 0 Å². The molecule has 0 radical (unpaired) electrons. The van der Waals surface area contributed by atoms with Gasteiger partial charge >= 0.3 is 178 Å². The van der Waals surface area contributed by atoms with Crippen molar-refractivity contribution in [2.24, 2.45) is 0 Å². The fraction of sp³-hybridized carbons (Fsp3) is 0.211. The number of halogens is 2. The number of amides is 1. The number of esters is 1. The summed E-state index contributed by atoms with van der Waals surface area (Å²) in [6, 6.07) is 9.06. The molecule has 0 aliphatic carbocycles. The monoisotopic (exact) mass is 483 g/mol. The van der Waals surface area contributed by atoms with Crippen molar-refractivity contribution >= 4 is 59.8 Å². The van der Waals surface area contributed by atoms with E-state index in [0.717, 1.165) is 4.35 Å². The maximum absolute atomic E-state index is 13.0. The fourth-order valence-electron chi connectivity index (χ4n) is 2.66. The summed E-state index contributed by atoms with van der Waals surface area (Å²) in [7, 11) is 0. The Bertz CT molecular complexity index is 933. The van der Waals surface area contributed by atoms with Crippen molar-refractivity contribution in [3.05, 3.63) is 57.6 Å². The van der Waals surface area contributed by atoms with Gasteiger partial charge in [0.1, 0.15) is 0 Å². The van der Waals surface area contributed by atoms with Crippen LogP contribution in [0.3, 0.4) is 0 Å². The first kappa shape index (κ1) is 20.7. The van der Waals surface area contributed by atoms with Crippen molar-refractivity contribution in [2.75, 3.05) is 13.2 Å². The first-order valence-corrected chi connectivity index (χ1v) is 11.2. The molecule has 2 aromatic carbocycles. The summed E-state index contributed by atoms with van der Waals surface area (Å²) in [5.41, 5.74) is 0.907. The molecule has 1 aliphatic heterocycles. The molecule has 0 saturated carbocycles. The van der Waals surface area contributed by atoms with E-state index < -0.39 is 33.7 Å². The molecule has 2 aromatic rings. The number of hydrogen-bond donors (Lipinski definition) is 1. The Balaban J connectivity index is 1.83. The molecular formula is C19H16AsCl2NO5. The van der Waals surface area contributed by atoms with Gasteiger partial charge in [-0.2, -0.15) is 0 Å². The Morgan fingerprint density at radius 3 is 2.61 bits per heavy atom. The van der Waals surface area contributed by atoms with E-state index in [0.29, 0.717) is 17.7 Å². The third-order valence-corrected chi connectivity index (χ3v) is 7.18. The normalized spacial score (nSPS) is 16.1. The van der Waals surface area contributed by atoms with Crippen molar-refractivity contribution in [1.29, 1.82) is 0 Å². The number of fused-ring (bicyclic) bond motifs is 1. The van der Waals surface area contributed by atoms with Crippen molar-refractivity contribution in [3.63, 3.8) is 0 Å². The number of rotatable bonds is 5. The Morgan fingerprint density at radius 1 is 1.21 bits per heavy atom. The van der Waals surface area contributed by atoms with Gasteiger partial charge in [-0.3, -0.25) is 0 Å². The molecule has 2 unspecified atom stereocenters. The Morgan fingerprint density at radius 2 is 1.93 bits per heavy atom. The summed E-state index contributed by atoms with van der Waals surface area (Å²) in [6.45, 7) is 1.78. The van der Waals surface area contributed by atoms with Crippen LogP contribution in [0.5, 0.6) is 5.75 Å². The van der Waals surface area contributed by atoms with E-state index in [4.69, 9.17) is 32.7 Å². The van der Waals surface area contributed by atoms with Crippen molar-refractivity contribution in [3.8, 4) is 5.75 Å². The molecule has 1 N–H and O–H groups in total. The summed E-state index contributed by atoms with van der Waals surface area (Å²) in [5.74, 6) is -0.574. The van der Waals surface area contributed by atoms with E-state index in [9.17, 15) is 14.4 Å². The summed E-state index contributed by atoms with van der Waals surface area (Å²) >= 11 is 10.9. The van der Waals surface area contributed by atoms with Crippen LogP contribution in [-0.4, -0.2) is 45.4 Å². The van der Waals surface area contributed by atoms with Crippen LogP contribution in [0.15, 0.2) is 36.4 Å². The number of nitrogens with one attached hydrogen (secondary N) is 1. The topological polar surface area (TPSA) is 81.7 Å². The van der Waals surface area contributed by atoms with Crippen LogP contribution in [0.4, 0.5) is 0 Å². The van der Waals surface area contributed by atoms with E-state index in [-0.39, 0.29) is 27.0 Å². The number of ether oxygens (including phenoxy) is 2. The average molecular weight is 484 g/mol. The van der Waals surface area contributed by atoms with Crippen LogP contribution >= 0.6 is 23.2 Å². The zero-order valence-corrected chi connectivity index (χ0v) is 18.4. The molecule has 1 heterocycles. The quantitative estimate of drug-likeness (QED) is 0.519. The van der Waals surface area contributed by atoms with Crippen molar-refractivity contribution in [1.82, 2.24) is 5.32 Å². The van der Waals surface area contributed by atoms with E-state index in [1.165, 1.54) is 0 Å². The first-order valence-electron chi connectivity index (χ1n) is 8.38. The molecule has 0 spiro atoms. The molecule has 0 aromatic heterocycles. The molecule has 0 fully saturated rings. The SMILES string of the molecule is CCOC(=O)c1ccc([AsH]C(=O)C2NC(=O)COc3c2ccc(Cl)c3Cl)cc1. The molecule has 0 saturated heterocycles. The van der Waals surface area contributed by atoms with Gasteiger partial charge < -0.3 is 0 Å². The molecule has 2 atom stereocenters. The minimum atomic E-state index is -1.27. The third-order valence-electron chi connectivity index (χ3n) is 3.97. The third kappa shape index (κ3) is 4.52. The Kier molecular flexibility index (Phi) is 6.65. The zero-order valence-electron chi connectivity index (χ0n) is 14.8. The van der Waals surface area contributed by atoms with Crippen LogP contribution in [0.1, 0.15) is 28.9 Å².